The van der Waals surface area contributed by atoms with E-state index in [1.165, 1.54) is 12.8 Å². The van der Waals surface area contributed by atoms with Crippen LogP contribution < -0.4 is 5.56 Å². The van der Waals surface area contributed by atoms with Gasteiger partial charge >= 0.3 is 0 Å². The molecule has 1 aliphatic rings. The van der Waals surface area contributed by atoms with E-state index in [-0.39, 0.29) is 11.6 Å². The number of rotatable bonds is 5. The number of hydrogen-bond donors (Lipinski definition) is 1. The molecule has 164 valence electrons. The fraction of sp³-hybridized carbons (Fsp3) is 0.360. The summed E-state index contributed by atoms with van der Waals surface area (Å²) in [7, 11) is 0. The topological polar surface area (TPSA) is 79.7 Å². The van der Waals surface area contributed by atoms with E-state index in [9.17, 15) is 4.79 Å². The number of para-hydroxylation sites is 1. The van der Waals surface area contributed by atoms with Crippen molar-refractivity contribution in [1.29, 1.82) is 0 Å². The largest absolute Gasteiger partial charge is 0.321 e. The maximum atomic E-state index is 13.4. The monoisotopic (exact) mass is 428 g/mol. The molecular weight excluding hydrogens is 400 g/mol. The Morgan fingerprint density at radius 1 is 1.00 bits per heavy atom. The van der Waals surface area contributed by atoms with Crippen LogP contribution in [0.15, 0.2) is 59.4 Å². The molecule has 1 saturated heterocycles. The molecule has 1 aliphatic heterocycles. The molecule has 32 heavy (non-hydrogen) atoms. The van der Waals surface area contributed by atoms with Gasteiger partial charge < -0.3 is 4.98 Å². The summed E-state index contributed by atoms with van der Waals surface area (Å²) in [6, 6.07) is 18.0. The normalized spacial score (nSPS) is 16.2. The quantitative estimate of drug-likeness (QED) is 0.522. The molecule has 2 aromatic carbocycles. The van der Waals surface area contributed by atoms with Crippen LogP contribution in [0, 0.1) is 6.92 Å². The fourth-order valence-corrected chi connectivity index (χ4v) is 4.73. The summed E-state index contributed by atoms with van der Waals surface area (Å²) in [5.41, 5.74) is 3.70. The zero-order valence-electron chi connectivity index (χ0n) is 18.4. The zero-order valence-corrected chi connectivity index (χ0v) is 18.4. The molecule has 0 unspecified atom stereocenters. The van der Waals surface area contributed by atoms with Gasteiger partial charge in [0.15, 0.2) is 5.82 Å². The number of aryl methyl sites for hydroxylation is 1. The van der Waals surface area contributed by atoms with E-state index in [0.29, 0.717) is 17.9 Å². The number of tetrazole rings is 1. The van der Waals surface area contributed by atoms with E-state index in [1.54, 1.807) is 0 Å². The number of hydrogen-bond acceptors (Lipinski definition) is 5. The Bertz CT molecular complexity index is 1250. The second kappa shape index (κ2) is 9.04. The molecule has 5 rings (SSSR count). The van der Waals surface area contributed by atoms with Crippen molar-refractivity contribution in [2.45, 2.75) is 45.2 Å². The predicted molar refractivity (Wildman–Crippen MR) is 125 cm³/mol. The number of nitrogens with one attached hydrogen (secondary N) is 1. The van der Waals surface area contributed by atoms with Gasteiger partial charge in [0.2, 0.25) is 0 Å². The lowest BCUT2D eigenvalue weighted by atomic mass is 10.0. The highest BCUT2D eigenvalue weighted by Crippen LogP contribution is 2.29. The van der Waals surface area contributed by atoms with Crippen molar-refractivity contribution < 1.29 is 0 Å². The second-order valence-electron chi connectivity index (χ2n) is 8.63. The number of H-pyrrole nitrogens is 1. The molecule has 0 amide bonds. The number of aromatic amines is 1. The average Bonchev–Trinajstić information content (AvgIpc) is 3.08. The van der Waals surface area contributed by atoms with Gasteiger partial charge in [-0.25, -0.2) is 4.68 Å². The fourth-order valence-electron chi connectivity index (χ4n) is 4.73. The summed E-state index contributed by atoms with van der Waals surface area (Å²) in [4.78, 5) is 18.9. The van der Waals surface area contributed by atoms with E-state index < -0.39 is 0 Å². The van der Waals surface area contributed by atoms with Crippen molar-refractivity contribution >= 4 is 10.9 Å². The number of likely N-dealkylation sites (tertiary alicyclic amines) is 1. The van der Waals surface area contributed by atoms with Crippen molar-refractivity contribution in [3.8, 4) is 0 Å². The molecule has 1 N–H and O–H groups in total. The van der Waals surface area contributed by atoms with Gasteiger partial charge in [-0.15, -0.1) is 5.10 Å². The first kappa shape index (κ1) is 20.6. The Morgan fingerprint density at radius 3 is 2.56 bits per heavy atom. The average molecular weight is 429 g/mol. The molecule has 1 atom stereocenters. The van der Waals surface area contributed by atoms with Gasteiger partial charge in [0, 0.05) is 5.56 Å². The zero-order chi connectivity index (χ0) is 21.9. The summed E-state index contributed by atoms with van der Waals surface area (Å²) in [6.45, 7) is 4.44. The molecular formula is C25H28N6O. The van der Waals surface area contributed by atoms with E-state index in [2.05, 4.69) is 37.5 Å². The van der Waals surface area contributed by atoms with Crippen molar-refractivity contribution in [2.75, 3.05) is 13.1 Å². The van der Waals surface area contributed by atoms with Crippen LogP contribution in [0.4, 0.5) is 0 Å². The Kier molecular flexibility index (Phi) is 5.81. The first-order valence-corrected chi connectivity index (χ1v) is 11.4. The summed E-state index contributed by atoms with van der Waals surface area (Å²) in [5.74, 6) is 0.716. The minimum Gasteiger partial charge on any atom is -0.321 e. The molecule has 7 heteroatoms. The van der Waals surface area contributed by atoms with E-state index in [0.717, 1.165) is 48.0 Å². The van der Waals surface area contributed by atoms with Crippen molar-refractivity contribution in [3.05, 3.63) is 87.5 Å². The third-order valence-corrected chi connectivity index (χ3v) is 6.40. The van der Waals surface area contributed by atoms with Crippen LogP contribution in [0.5, 0.6) is 0 Å². The Labute approximate surface area is 187 Å². The van der Waals surface area contributed by atoms with E-state index in [4.69, 9.17) is 0 Å². The first-order valence-electron chi connectivity index (χ1n) is 11.4. The summed E-state index contributed by atoms with van der Waals surface area (Å²) < 4.78 is 1.84. The molecule has 0 saturated carbocycles. The van der Waals surface area contributed by atoms with Gasteiger partial charge in [-0.2, -0.15) is 0 Å². The van der Waals surface area contributed by atoms with E-state index in [1.807, 2.05) is 54.1 Å². The minimum atomic E-state index is -0.291. The van der Waals surface area contributed by atoms with E-state index >= 15 is 0 Å². The number of nitrogens with zero attached hydrogens (tertiary/aromatic N) is 5. The molecule has 1 fully saturated rings. The van der Waals surface area contributed by atoms with Crippen LogP contribution in [0.3, 0.4) is 0 Å². The lowest BCUT2D eigenvalue weighted by Gasteiger charge is -2.29. The van der Waals surface area contributed by atoms with Crippen molar-refractivity contribution in [2.24, 2.45) is 0 Å². The lowest BCUT2D eigenvalue weighted by Crippen LogP contribution is -2.36. The molecule has 0 aliphatic carbocycles. The molecule has 2 aromatic heterocycles. The first-order chi connectivity index (χ1) is 15.7. The number of pyridine rings is 1. The van der Waals surface area contributed by atoms with Gasteiger partial charge in [0.1, 0.15) is 6.04 Å². The molecule has 7 nitrogen and oxygen atoms in total. The molecule has 4 aromatic rings. The van der Waals surface area contributed by atoms with Crippen LogP contribution in [0.2, 0.25) is 0 Å². The van der Waals surface area contributed by atoms with Gasteiger partial charge in [0.05, 0.1) is 12.1 Å². The van der Waals surface area contributed by atoms with Gasteiger partial charge in [-0.05, 0) is 65.9 Å². The third-order valence-electron chi connectivity index (χ3n) is 6.40. The second-order valence-corrected chi connectivity index (χ2v) is 8.63. The SMILES string of the molecule is Cc1cccc2cc([C@H](c3nnnn3Cc3ccccc3)N3CCCCCC3)c(=O)[nH]c12. The van der Waals surface area contributed by atoms with Crippen LogP contribution in [0.1, 0.15) is 54.2 Å². The molecule has 0 spiro atoms. The molecule has 3 heterocycles. The predicted octanol–water partition coefficient (Wildman–Crippen LogP) is 3.84. The molecule has 0 radical (unpaired) electrons. The highest BCUT2D eigenvalue weighted by atomic mass is 16.1. The van der Waals surface area contributed by atoms with Gasteiger partial charge in [0.25, 0.3) is 5.56 Å². The van der Waals surface area contributed by atoms with Gasteiger partial charge in [-0.1, -0.05) is 61.4 Å². The number of benzene rings is 2. The minimum absolute atomic E-state index is 0.0738. The van der Waals surface area contributed by atoms with Crippen molar-refractivity contribution in [1.82, 2.24) is 30.1 Å². The summed E-state index contributed by atoms with van der Waals surface area (Å²) >= 11 is 0. The maximum absolute atomic E-state index is 13.4. The Morgan fingerprint density at radius 2 is 1.78 bits per heavy atom. The van der Waals surface area contributed by atoms with Crippen LogP contribution in [-0.2, 0) is 6.54 Å². The molecule has 0 bridgehead atoms. The summed E-state index contributed by atoms with van der Waals surface area (Å²) in [6.07, 6.45) is 4.65. The smallest absolute Gasteiger partial charge is 0.253 e. The number of aromatic nitrogens is 5. The maximum Gasteiger partial charge on any atom is 0.253 e. The van der Waals surface area contributed by atoms with Crippen LogP contribution in [0.25, 0.3) is 10.9 Å². The Balaban J connectivity index is 1.63. The number of fused-ring (bicyclic) bond motifs is 1. The van der Waals surface area contributed by atoms with Gasteiger partial charge in [-0.3, -0.25) is 9.69 Å². The van der Waals surface area contributed by atoms with Crippen molar-refractivity contribution in [3.63, 3.8) is 0 Å². The van der Waals surface area contributed by atoms with Crippen LogP contribution >= 0.6 is 0 Å². The summed E-state index contributed by atoms with van der Waals surface area (Å²) in [5, 5.41) is 13.8. The highest BCUT2D eigenvalue weighted by molar-refractivity contribution is 5.82. The Hall–Kier alpha value is -3.32. The highest BCUT2D eigenvalue weighted by Gasteiger charge is 2.30. The lowest BCUT2D eigenvalue weighted by molar-refractivity contribution is 0.220. The van der Waals surface area contributed by atoms with Crippen LogP contribution in [-0.4, -0.2) is 43.2 Å². The standard InChI is InChI=1S/C25H28N6O/c1-18-10-9-13-20-16-21(25(32)26-22(18)20)23(30-14-7-2-3-8-15-30)24-27-28-29-31(24)17-19-11-5-4-6-12-19/h4-6,9-13,16,23H,2-3,7-8,14-15,17H2,1H3,(H,26,32)/t23-/m1/s1. The third kappa shape index (κ3) is 4.08.